The normalized spacial score (nSPS) is 20.4. The summed E-state index contributed by atoms with van der Waals surface area (Å²) in [4.78, 5) is 2.48. The molecular weight excluding hydrogens is 252 g/mol. The lowest BCUT2D eigenvalue weighted by atomic mass is 9.93. The molecule has 0 spiro atoms. The number of rotatable bonds is 11. The summed E-state index contributed by atoms with van der Waals surface area (Å²) in [5.41, 5.74) is -0.164. The third-order valence-electron chi connectivity index (χ3n) is 4.03. The van der Waals surface area contributed by atoms with Crippen LogP contribution in [-0.2, 0) is 4.74 Å². The molecule has 1 aliphatic rings. The highest BCUT2D eigenvalue weighted by Crippen LogP contribution is 2.25. The second-order valence-electron chi connectivity index (χ2n) is 7.07. The van der Waals surface area contributed by atoms with Crippen LogP contribution < -0.4 is 5.32 Å². The van der Waals surface area contributed by atoms with E-state index in [1.54, 1.807) is 7.11 Å². The standard InChI is InChI=1S/C16H34N2O2/c1-13(2)11-18(8-9-20-5)14(3)10-16(4,12-19)17-15-6-7-15/h13-15,17,19H,6-12H2,1-5H3. The topological polar surface area (TPSA) is 44.7 Å². The van der Waals surface area contributed by atoms with Gasteiger partial charge in [0.25, 0.3) is 0 Å². The molecule has 0 bridgehead atoms. The molecule has 4 heteroatoms. The summed E-state index contributed by atoms with van der Waals surface area (Å²) < 4.78 is 5.23. The molecule has 20 heavy (non-hydrogen) atoms. The zero-order chi connectivity index (χ0) is 15.2. The highest BCUT2D eigenvalue weighted by atomic mass is 16.5. The Morgan fingerprint density at radius 1 is 1.35 bits per heavy atom. The number of nitrogens with one attached hydrogen (secondary N) is 1. The van der Waals surface area contributed by atoms with Crippen LogP contribution >= 0.6 is 0 Å². The van der Waals surface area contributed by atoms with Gasteiger partial charge in [0.15, 0.2) is 0 Å². The summed E-state index contributed by atoms with van der Waals surface area (Å²) in [5, 5.41) is 13.3. The molecule has 0 aromatic heterocycles. The lowest BCUT2D eigenvalue weighted by molar-refractivity contribution is 0.0816. The van der Waals surface area contributed by atoms with Crippen LogP contribution in [0.15, 0.2) is 0 Å². The van der Waals surface area contributed by atoms with E-state index in [0.717, 1.165) is 26.1 Å². The van der Waals surface area contributed by atoms with Gasteiger partial charge in [-0.15, -0.1) is 0 Å². The van der Waals surface area contributed by atoms with Crippen LogP contribution in [0.5, 0.6) is 0 Å². The number of aliphatic hydroxyl groups is 1. The Kier molecular flexibility index (Phi) is 7.45. The Hall–Kier alpha value is -0.160. The molecule has 4 nitrogen and oxygen atoms in total. The molecule has 2 atom stereocenters. The Balaban J connectivity index is 2.54. The summed E-state index contributed by atoms with van der Waals surface area (Å²) in [6, 6.07) is 1.06. The van der Waals surface area contributed by atoms with E-state index in [0.29, 0.717) is 18.0 Å². The van der Waals surface area contributed by atoms with Crippen molar-refractivity contribution in [2.24, 2.45) is 5.92 Å². The van der Waals surface area contributed by atoms with Crippen molar-refractivity contribution in [1.29, 1.82) is 0 Å². The molecule has 1 saturated carbocycles. The van der Waals surface area contributed by atoms with Crippen molar-refractivity contribution in [3.63, 3.8) is 0 Å². The fourth-order valence-corrected chi connectivity index (χ4v) is 2.84. The van der Waals surface area contributed by atoms with E-state index in [4.69, 9.17) is 4.74 Å². The fourth-order valence-electron chi connectivity index (χ4n) is 2.84. The lowest BCUT2D eigenvalue weighted by Gasteiger charge is -2.37. The Bertz CT molecular complexity index is 269. The minimum atomic E-state index is -0.164. The monoisotopic (exact) mass is 286 g/mol. The van der Waals surface area contributed by atoms with Crippen LogP contribution in [0.1, 0.15) is 47.0 Å². The van der Waals surface area contributed by atoms with Gasteiger partial charge in [0.2, 0.25) is 0 Å². The highest BCUT2D eigenvalue weighted by Gasteiger charge is 2.34. The Morgan fingerprint density at radius 2 is 2.00 bits per heavy atom. The van der Waals surface area contributed by atoms with Gasteiger partial charge >= 0.3 is 0 Å². The molecular formula is C16H34N2O2. The molecule has 0 aromatic rings. The largest absolute Gasteiger partial charge is 0.394 e. The number of hydrogen-bond acceptors (Lipinski definition) is 4. The van der Waals surface area contributed by atoms with E-state index in [1.807, 2.05) is 0 Å². The van der Waals surface area contributed by atoms with Crippen molar-refractivity contribution in [2.45, 2.75) is 64.6 Å². The smallest absolute Gasteiger partial charge is 0.0611 e. The van der Waals surface area contributed by atoms with Crippen molar-refractivity contribution in [3.8, 4) is 0 Å². The number of aliphatic hydroxyl groups excluding tert-OH is 1. The van der Waals surface area contributed by atoms with Gasteiger partial charge in [0.1, 0.15) is 0 Å². The first-order chi connectivity index (χ1) is 9.40. The fraction of sp³-hybridized carbons (Fsp3) is 1.00. The van der Waals surface area contributed by atoms with Gasteiger partial charge < -0.3 is 15.2 Å². The van der Waals surface area contributed by atoms with Gasteiger partial charge in [-0.1, -0.05) is 13.8 Å². The molecule has 1 fully saturated rings. The third kappa shape index (κ3) is 6.53. The molecule has 0 aliphatic heterocycles. The average molecular weight is 286 g/mol. The zero-order valence-electron chi connectivity index (χ0n) is 14.0. The van der Waals surface area contributed by atoms with Gasteiger partial charge in [-0.25, -0.2) is 0 Å². The van der Waals surface area contributed by atoms with Crippen molar-refractivity contribution < 1.29 is 9.84 Å². The predicted octanol–water partition coefficient (Wildman–Crippen LogP) is 1.87. The second kappa shape index (κ2) is 8.32. The molecule has 1 aliphatic carbocycles. The molecule has 120 valence electrons. The van der Waals surface area contributed by atoms with E-state index in [2.05, 4.69) is 37.9 Å². The Morgan fingerprint density at radius 3 is 2.45 bits per heavy atom. The highest BCUT2D eigenvalue weighted by molar-refractivity contribution is 4.94. The molecule has 0 saturated heterocycles. The van der Waals surface area contributed by atoms with Crippen molar-refractivity contribution in [1.82, 2.24) is 10.2 Å². The van der Waals surface area contributed by atoms with Crippen LogP contribution in [0.4, 0.5) is 0 Å². The van der Waals surface area contributed by atoms with Crippen LogP contribution in [0, 0.1) is 5.92 Å². The van der Waals surface area contributed by atoms with E-state index in [-0.39, 0.29) is 12.1 Å². The van der Waals surface area contributed by atoms with Gasteiger partial charge in [-0.3, -0.25) is 4.90 Å². The first-order valence-electron chi connectivity index (χ1n) is 8.01. The van der Waals surface area contributed by atoms with Crippen molar-refractivity contribution in [2.75, 3.05) is 33.4 Å². The molecule has 0 heterocycles. The number of ether oxygens (including phenoxy) is 1. The van der Waals surface area contributed by atoms with E-state index >= 15 is 0 Å². The second-order valence-corrected chi connectivity index (χ2v) is 7.07. The maximum absolute atomic E-state index is 9.74. The van der Waals surface area contributed by atoms with E-state index < -0.39 is 0 Å². The van der Waals surface area contributed by atoms with Gasteiger partial charge in [-0.05, 0) is 39.0 Å². The van der Waals surface area contributed by atoms with Crippen molar-refractivity contribution >= 4 is 0 Å². The Labute approximate surface area is 124 Å². The van der Waals surface area contributed by atoms with E-state index in [9.17, 15) is 5.11 Å². The van der Waals surface area contributed by atoms with Crippen LogP contribution in [0.25, 0.3) is 0 Å². The molecule has 2 N–H and O–H groups in total. The van der Waals surface area contributed by atoms with Gasteiger partial charge in [0.05, 0.1) is 13.2 Å². The molecule has 0 aromatic carbocycles. The quantitative estimate of drug-likeness (QED) is 0.609. The minimum absolute atomic E-state index is 0.164. The summed E-state index contributed by atoms with van der Waals surface area (Å²) in [6.07, 6.45) is 3.48. The summed E-state index contributed by atoms with van der Waals surface area (Å²) in [6.45, 7) is 11.9. The summed E-state index contributed by atoms with van der Waals surface area (Å²) >= 11 is 0. The van der Waals surface area contributed by atoms with Crippen LogP contribution in [0.3, 0.4) is 0 Å². The number of nitrogens with zero attached hydrogens (tertiary/aromatic N) is 1. The molecule has 0 radical (unpaired) electrons. The predicted molar refractivity (Wildman–Crippen MR) is 84.0 cm³/mol. The first kappa shape index (κ1) is 17.9. The maximum atomic E-state index is 9.74. The summed E-state index contributed by atoms with van der Waals surface area (Å²) in [7, 11) is 1.75. The average Bonchev–Trinajstić information content (AvgIpc) is 3.17. The zero-order valence-corrected chi connectivity index (χ0v) is 14.0. The van der Waals surface area contributed by atoms with Crippen LogP contribution in [0.2, 0.25) is 0 Å². The third-order valence-corrected chi connectivity index (χ3v) is 4.03. The van der Waals surface area contributed by atoms with Gasteiger partial charge in [-0.2, -0.15) is 0 Å². The first-order valence-corrected chi connectivity index (χ1v) is 8.01. The molecule has 2 unspecified atom stereocenters. The molecule has 1 rings (SSSR count). The maximum Gasteiger partial charge on any atom is 0.0611 e. The lowest BCUT2D eigenvalue weighted by Crippen LogP contribution is -2.52. The number of methoxy groups -OCH3 is 1. The summed E-state index contributed by atoms with van der Waals surface area (Å²) in [5.74, 6) is 0.645. The molecule has 0 amide bonds. The number of hydrogen-bond donors (Lipinski definition) is 2. The minimum Gasteiger partial charge on any atom is -0.394 e. The van der Waals surface area contributed by atoms with Crippen molar-refractivity contribution in [3.05, 3.63) is 0 Å². The van der Waals surface area contributed by atoms with Gasteiger partial charge in [0, 0.05) is 37.8 Å². The van der Waals surface area contributed by atoms with E-state index in [1.165, 1.54) is 12.8 Å². The SMILES string of the molecule is COCCN(CC(C)C)C(C)CC(C)(CO)NC1CC1. The van der Waals surface area contributed by atoms with Crippen LogP contribution in [-0.4, -0.2) is 61.0 Å².